The van der Waals surface area contributed by atoms with Gasteiger partial charge >= 0.3 is 5.97 Å². The minimum absolute atomic E-state index is 0.0202. The average molecular weight is 383 g/mol. The molecule has 0 saturated heterocycles. The van der Waals surface area contributed by atoms with Gasteiger partial charge in [0.25, 0.3) is 0 Å². The van der Waals surface area contributed by atoms with Gasteiger partial charge in [-0.05, 0) is 35.6 Å². The Balaban J connectivity index is 1.62. The maximum absolute atomic E-state index is 12.7. The summed E-state index contributed by atoms with van der Waals surface area (Å²) in [6.45, 7) is 0.682. The third-order valence-electron chi connectivity index (χ3n) is 5.18. The fourth-order valence-corrected chi connectivity index (χ4v) is 3.65. The summed E-state index contributed by atoms with van der Waals surface area (Å²) in [5, 5.41) is 9.55. The Morgan fingerprint density at radius 1 is 1.14 bits per heavy atom. The first kappa shape index (κ1) is 19.7. The minimum atomic E-state index is -0.895. The number of hydrogen-bond acceptors (Lipinski definition) is 4. The molecule has 1 aliphatic rings. The first-order chi connectivity index (χ1) is 13.5. The van der Waals surface area contributed by atoms with Gasteiger partial charge in [0.2, 0.25) is 5.91 Å². The molecule has 1 unspecified atom stereocenters. The summed E-state index contributed by atoms with van der Waals surface area (Å²) in [4.78, 5) is 26.0. The van der Waals surface area contributed by atoms with Crippen LogP contribution in [0.5, 0.6) is 11.5 Å². The largest absolute Gasteiger partial charge is 0.497 e. The molecule has 0 aliphatic carbocycles. The van der Waals surface area contributed by atoms with Crippen LogP contribution in [0.25, 0.3) is 0 Å². The summed E-state index contributed by atoms with van der Waals surface area (Å²) >= 11 is 0. The number of fused-ring (bicyclic) bond motifs is 1. The van der Waals surface area contributed by atoms with Crippen LogP contribution in [0.15, 0.2) is 42.5 Å². The number of amides is 1. The number of hydrogen-bond donors (Lipinski definition) is 1. The predicted octanol–water partition coefficient (Wildman–Crippen LogP) is 3.24. The van der Waals surface area contributed by atoms with Crippen molar-refractivity contribution in [2.75, 3.05) is 20.8 Å². The third-order valence-corrected chi connectivity index (χ3v) is 5.18. The summed E-state index contributed by atoms with van der Waals surface area (Å²) in [7, 11) is 3.22. The average Bonchev–Trinajstić information content (AvgIpc) is 2.72. The summed E-state index contributed by atoms with van der Waals surface area (Å²) in [6, 6.07) is 13.1. The summed E-state index contributed by atoms with van der Waals surface area (Å²) in [6.07, 6.45) is 1.73. The molecule has 6 heteroatoms. The maximum Gasteiger partial charge on any atom is 0.312 e. The summed E-state index contributed by atoms with van der Waals surface area (Å²) in [5.41, 5.74) is 2.73. The molecule has 2 aromatic carbocycles. The molecular formula is C22H25NO5. The van der Waals surface area contributed by atoms with Gasteiger partial charge in [-0.15, -0.1) is 0 Å². The quantitative estimate of drug-likeness (QED) is 0.794. The van der Waals surface area contributed by atoms with Crippen molar-refractivity contribution in [2.24, 2.45) is 0 Å². The zero-order chi connectivity index (χ0) is 20.1. The highest BCUT2D eigenvalue weighted by molar-refractivity contribution is 5.81. The Hall–Kier alpha value is -3.02. The maximum atomic E-state index is 12.7. The lowest BCUT2D eigenvalue weighted by molar-refractivity contribution is -0.141. The van der Waals surface area contributed by atoms with Crippen molar-refractivity contribution in [1.82, 2.24) is 4.90 Å². The number of methoxy groups -OCH3 is 2. The van der Waals surface area contributed by atoms with Crippen LogP contribution < -0.4 is 9.47 Å². The van der Waals surface area contributed by atoms with Crippen molar-refractivity contribution in [1.29, 1.82) is 0 Å². The number of carbonyl (C=O) groups excluding carboxylic acids is 1. The van der Waals surface area contributed by atoms with Gasteiger partial charge in [-0.2, -0.15) is 0 Å². The number of nitrogens with zero attached hydrogens (tertiary/aromatic N) is 1. The molecule has 6 nitrogen and oxygen atoms in total. The van der Waals surface area contributed by atoms with Crippen LogP contribution in [-0.2, 0) is 22.6 Å². The number of rotatable bonds is 7. The highest BCUT2D eigenvalue weighted by Crippen LogP contribution is 2.30. The van der Waals surface area contributed by atoms with Gasteiger partial charge in [0.15, 0.2) is 0 Å². The monoisotopic (exact) mass is 383 g/mol. The molecule has 148 valence electrons. The second kappa shape index (κ2) is 8.78. The molecule has 1 atom stereocenters. The predicted molar refractivity (Wildman–Crippen MR) is 105 cm³/mol. The van der Waals surface area contributed by atoms with Gasteiger partial charge in [-0.1, -0.05) is 30.3 Å². The van der Waals surface area contributed by atoms with Crippen molar-refractivity contribution in [3.63, 3.8) is 0 Å². The van der Waals surface area contributed by atoms with E-state index in [1.807, 2.05) is 42.5 Å². The van der Waals surface area contributed by atoms with Gasteiger partial charge in [0, 0.05) is 25.6 Å². The normalized spacial score (nSPS) is 15.6. The van der Waals surface area contributed by atoms with E-state index in [0.29, 0.717) is 25.8 Å². The standard InChI is InChI=1S/C22H25NO5/c1-27-17-11-10-15(20(12-17)28-2)7-5-9-21(24)23-13-16-6-3-4-8-18(16)19(14-23)22(25)26/h3-4,6,8,10-12,19H,5,7,9,13-14H2,1-2H3,(H,25,26). The number of carboxylic acids is 1. The smallest absolute Gasteiger partial charge is 0.312 e. The van der Waals surface area contributed by atoms with E-state index in [0.717, 1.165) is 28.2 Å². The number of aliphatic carboxylic acids is 1. The second-order valence-electron chi connectivity index (χ2n) is 6.90. The van der Waals surface area contributed by atoms with E-state index in [2.05, 4.69) is 0 Å². The molecule has 1 heterocycles. The molecule has 0 bridgehead atoms. The van der Waals surface area contributed by atoms with Crippen molar-refractivity contribution < 1.29 is 24.2 Å². The van der Waals surface area contributed by atoms with E-state index >= 15 is 0 Å². The van der Waals surface area contributed by atoms with Gasteiger partial charge < -0.3 is 19.5 Å². The van der Waals surface area contributed by atoms with E-state index < -0.39 is 11.9 Å². The van der Waals surface area contributed by atoms with Gasteiger partial charge in [-0.25, -0.2) is 0 Å². The third kappa shape index (κ3) is 4.27. The number of ether oxygens (including phenoxy) is 2. The summed E-state index contributed by atoms with van der Waals surface area (Å²) < 4.78 is 10.6. The second-order valence-corrected chi connectivity index (χ2v) is 6.90. The topological polar surface area (TPSA) is 76.1 Å². The SMILES string of the molecule is COc1ccc(CCCC(=O)N2Cc3ccccc3C(C(=O)O)C2)c(OC)c1. The molecule has 1 N–H and O–H groups in total. The zero-order valence-electron chi connectivity index (χ0n) is 16.2. The van der Waals surface area contributed by atoms with Crippen molar-refractivity contribution in [3.8, 4) is 11.5 Å². The molecule has 0 aromatic heterocycles. The Morgan fingerprint density at radius 3 is 2.64 bits per heavy atom. The van der Waals surface area contributed by atoms with Gasteiger partial charge in [0.1, 0.15) is 11.5 Å². The molecule has 0 spiro atoms. The lowest BCUT2D eigenvalue weighted by Crippen LogP contribution is -2.40. The minimum Gasteiger partial charge on any atom is -0.497 e. The molecule has 0 saturated carbocycles. The lowest BCUT2D eigenvalue weighted by atomic mass is 9.89. The van der Waals surface area contributed by atoms with Crippen LogP contribution in [0.4, 0.5) is 0 Å². The molecule has 28 heavy (non-hydrogen) atoms. The van der Waals surface area contributed by atoms with Crippen LogP contribution in [0.2, 0.25) is 0 Å². The molecule has 0 radical (unpaired) electrons. The van der Waals surface area contributed by atoms with E-state index in [1.54, 1.807) is 19.1 Å². The number of carbonyl (C=O) groups is 2. The molecular weight excluding hydrogens is 358 g/mol. The Morgan fingerprint density at radius 2 is 1.93 bits per heavy atom. The number of carboxylic acid groups (broad SMARTS) is 1. The highest BCUT2D eigenvalue weighted by Gasteiger charge is 2.32. The fourth-order valence-electron chi connectivity index (χ4n) is 3.65. The lowest BCUT2D eigenvalue weighted by Gasteiger charge is -2.33. The molecule has 0 fully saturated rings. The first-order valence-electron chi connectivity index (χ1n) is 9.32. The summed E-state index contributed by atoms with van der Waals surface area (Å²) in [5.74, 6) is -0.121. The van der Waals surface area contributed by atoms with Crippen LogP contribution in [-0.4, -0.2) is 42.6 Å². The van der Waals surface area contributed by atoms with Crippen LogP contribution in [0.3, 0.4) is 0 Å². The molecule has 1 aliphatic heterocycles. The highest BCUT2D eigenvalue weighted by atomic mass is 16.5. The number of aryl methyl sites for hydroxylation is 1. The van der Waals surface area contributed by atoms with Gasteiger partial charge in [-0.3, -0.25) is 9.59 Å². The zero-order valence-corrected chi connectivity index (χ0v) is 16.2. The van der Waals surface area contributed by atoms with Crippen LogP contribution >= 0.6 is 0 Å². The van der Waals surface area contributed by atoms with E-state index in [4.69, 9.17) is 9.47 Å². The van der Waals surface area contributed by atoms with Crippen molar-refractivity contribution in [2.45, 2.75) is 31.7 Å². The molecule has 1 amide bonds. The van der Waals surface area contributed by atoms with Gasteiger partial charge in [0.05, 0.1) is 20.1 Å². The number of benzene rings is 2. The Bertz CT molecular complexity index is 864. The van der Waals surface area contributed by atoms with Crippen molar-refractivity contribution >= 4 is 11.9 Å². The first-order valence-corrected chi connectivity index (χ1v) is 9.32. The van der Waals surface area contributed by atoms with Crippen LogP contribution in [0, 0.1) is 0 Å². The Labute approximate surface area is 164 Å². The van der Waals surface area contributed by atoms with E-state index in [-0.39, 0.29) is 12.5 Å². The van der Waals surface area contributed by atoms with E-state index in [1.165, 1.54) is 0 Å². The van der Waals surface area contributed by atoms with Crippen LogP contribution in [0.1, 0.15) is 35.4 Å². The fraction of sp³-hybridized carbons (Fsp3) is 0.364. The van der Waals surface area contributed by atoms with Crippen molar-refractivity contribution in [3.05, 3.63) is 59.2 Å². The Kier molecular flexibility index (Phi) is 6.19. The van der Waals surface area contributed by atoms with E-state index in [9.17, 15) is 14.7 Å². The molecule has 3 rings (SSSR count). The molecule has 2 aromatic rings.